The molecule has 84 valence electrons. The van der Waals surface area contributed by atoms with E-state index in [0.717, 1.165) is 5.75 Å². The van der Waals surface area contributed by atoms with E-state index in [1.165, 1.54) is 5.56 Å². The minimum absolute atomic E-state index is 0.503. The van der Waals surface area contributed by atoms with E-state index in [1.807, 2.05) is 12.1 Å². The molecule has 0 saturated carbocycles. The second kappa shape index (κ2) is 5.41. The first-order valence-electron chi connectivity index (χ1n) is 5.43. The van der Waals surface area contributed by atoms with Crippen LogP contribution in [0.1, 0.15) is 39.2 Å². The van der Waals surface area contributed by atoms with Crippen molar-refractivity contribution in [3.05, 3.63) is 28.8 Å². The Morgan fingerprint density at radius 3 is 2.40 bits per heavy atom. The van der Waals surface area contributed by atoms with Gasteiger partial charge in [-0.3, -0.25) is 0 Å². The average Bonchev–Trinajstić information content (AvgIpc) is 2.16. The molecule has 0 radical (unpaired) electrons. The molecule has 0 heterocycles. The monoisotopic (exact) mass is 226 g/mol. The standard InChI is InChI=1S/C13H19ClO/c1-9(2)8-15-13-7-11(10(3)4)5-6-12(13)14/h5-7,9-10H,8H2,1-4H3. The maximum Gasteiger partial charge on any atom is 0.138 e. The highest BCUT2D eigenvalue weighted by atomic mass is 35.5. The average molecular weight is 227 g/mol. The molecule has 15 heavy (non-hydrogen) atoms. The molecule has 1 aromatic rings. The van der Waals surface area contributed by atoms with Crippen molar-refractivity contribution in [1.82, 2.24) is 0 Å². The Morgan fingerprint density at radius 1 is 1.20 bits per heavy atom. The number of rotatable bonds is 4. The van der Waals surface area contributed by atoms with Crippen LogP contribution in [0.3, 0.4) is 0 Å². The number of halogens is 1. The number of benzene rings is 1. The topological polar surface area (TPSA) is 9.23 Å². The lowest BCUT2D eigenvalue weighted by atomic mass is 10.0. The Morgan fingerprint density at radius 2 is 1.87 bits per heavy atom. The van der Waals surface area contributed by atoms with Gasteiger partial charge in [0.15, 0.2) is 0 Å². The molecule has 0 unspecified atom stereocenters. The van der Waals surface area contributed by atoms with Crippen LogP contribution in [0.15, 0.2) is 18.2 Å². The van der Waals surface area contributed by atoms with Crippen LogP contribution in [-0.4, -0.2) is 6.61 Å². The lowest BCUT2D eigenvalue weighted by Gasteiger charge is -2.13. The van der Waals surface area contributed by atoms with Crippen LogP contribution in [0.25, 0.3) is 0 Å². The normalized spacial score (nSPS) is 11.1. The van der Waals surface area contributed by atoms with Crippen LogP contribution < -0.4 is 4.74 Å². The van der Waals surface area contributed by atoms with E-state index >= 15 is 0 Å². The summed E-state index contributed by atoms with van der Waals surface area (Å²) in [5.41, 5.74) is 1.26. The fourth-order valence-corrected chi connectivity index (χ4v) is 1.42. The van der Waals surface area contributed by atoms with Crippen LogP contribution in [0, 0.1) is 5.92 Å². The van der Waals surface area contributed by atoms with Gasteiger partial charge in [-0.05, 0) is 29.5 Å². The second-order valence-corrected chi connectivity index (χ2v) is 4.96. The van der Waals surface area contributed by atoms with Crippen molar-refractivity contribution in [2.24, 2.45) is 5.92 Å². The highest BCUT2D eigenvalue weighted by molar-refractivity contribution is 6.32. The van der Waals surface area contributed by atoms with Crippen molar-refractivity contribution in [2.45, 2.75) is 33.6 Å². The zero-order valence-electron chi connectivity index (χ0n) is 9.88. The summed E-state index contributed by atoms with van der Waals surface area (Å²) in [6, 6.07) is 6.00. The van der Waals surface area contributed by atoms with E-state index in [9.17, 15) is 0 Å². The molecule has 0 aliphatic heterocycles. The fourth-order valence-electron chi connectivity index (χ4n) is 1.25. The summed E-state index contributed by atoms with van der Waals surface area (Å²) in [6.07, 6.45) is 0. The molecular weight excluding hydrogens is 208 g/mol. The molecule has 0 atom stereocenters. The van der Waals surface area contributed by atoms with Gasteiger partial charge in [-0.2, -0.15) is 0 Å². The lowest BCUT2D eigenvalue weighted by Crippen LogP contribution is -2.05. The van der Waals surface area contributed by atoms with Gasteiger partial charge in [0.2, 0.25) is 0 Å². The molecule has 1 aromatic carbocycles. The van der Waals surface area contributed by atoms with Gasteiger partial charge in [0.25, 0.3) is 0 Å². The van der Waals surface area contributed by atoms with Crippen molar-refractivity contribution in [2.75, 3.05) is 6.61 Å². The number of ether oxygens (including phenoxy) is 1. The maximum atomic E-state index is 6.06. The molecule has 0 saturated heterocycles. The maximum absolute atomic E-state index is 6.06. The predicted octanol–water partition coefficient (Wildman–Crippen LogP) is 4.50. The summed E-state index contributed by atoms with van der Waals surface area (Å²) in [6.45, 7) is 9.28. The lowest BCUT2D eigenvalue weighted by molar-refractivity contribution is 0.271. The molecular formula is C13H19ClO. The number of hydrogen-bond acceptors (Lipinski definition) is 1. The molecule has 0 amide bonds. The summed E-state index contributed by atoms with van der Waals surface area (Å²) in [5, 5.41) is 0.694. The Bertz CT molecular complexity index is 318. The van der Waals surface area contributed by atoms with Gasteiger partial charge < -0.3 is 4.74 Å². The molecule has 0 aliphatic carbocycles. The van der Waals surface area contributed by atoms with E-state index in [1.54, 1.807) is 0 Å². The van der Waals surface area contributed by atoms with E-state index in [0.29, 0.717) is 23.5 Å². The van der Waals surface area contributed by atoms with Crippen LogP contribution >= 0.6 is 11.6 Å². The van der Waals surface area contributed by atoms with E-state index < -0.39 is 0 Å². The van der Waals surface area contributed by atoms with Crippen LogP contribution in [0.4, 0.5) is 0 Å². The quantitative estimate of drug-likeness (QED) is 0.735. The van der Waals surface area contributed by atoms with E-state index in [-0.39, 0.29) is 0 Å². The summed E-state index contributed by atoms with van der Waals surface area (Å²) < 4.78 is 5.66. The van der Waals surface area contributed by atoms with Crippen molar-refractivity contribution in [3.63, 3.8) is 0 Å². The van der Waals surface area contributed by atoms with Gasteiger partial charge in [-0.15, -0.1) is 0 Å². The third-order valence-corrected chi connectivity index (χ3v) is 2.51. The first-order chi connectivity index (χ1) is 7.00. The molecule has 0 fully saturated rings. The molecule has 0 spiro atoms. The van der Waals surface area contributed by atoms with Crippen LogP contribution in [0.2, 0.25) is 5.02 Å². The third kappa shape index (κ3) is 3.75. The van der Waals surface area contributed by atoms with Gasteiger partial charge >= 0.3 is 0 Å². The first kappa shape index (κ1) is 12.4. The summed E-state index contributed by atoms with van der Waals surface area (Å²) >= 11 is 6.06. The van der Waals surface area contributed by atoms with Crippen molar-refractivity contribution >= 4 is 11.6 Å². The zero-order valence-corrected chi connectivity index (χ0v) is 10.6. The molecule has 1 rings (SSSR count). The van der Waals surface area contributed by atoms with E-state index in [4.69, 9.17) is 16.3 Å². The molecule has 2 heteroatoms. The van der Waals surface area contributed by atoms with Gasteiger partial charge in [-0.25, -0.2) is 0 Å². The Hall–Kier alpha value is -0.690. The predicted molar refractivity (Wildman–Crippen MR) is 65.9 cm³/mol. The summed E-state index contributed by atoms with van der Waals surface area (Å²) in [7, 11) is 0. The second-order valence-electron chi connectivity index (χ2n) is 4.55. The third-order valence-electron chi connectivity index (χ3n) is 2.19. The smallest absolute Gasteiger partial charge is 0.138 e. The summed E-state index contributed by atoms with van der Waals surface area (Å²) in [4.78, 5) is 0. The van der Waals surface area contributed by atoms with Gasteiger partial charge in [0.05, 0.1) is 11.6 Å². The SMILES string of the molecule is CC(C)COc1cc(C(C)C)ccc1Cl. The van der Waals surface area contributed by atoms with Crippen molar-refractivity contribution in [1.29, 1.82) is 0 Å². The highest BCUT2D eigenvalue weighted by Gasteiger charge is 2.06. The first-order valence-corrected chi connectivity index (χ1v) is 5.80. The molecule has 0 N–H and O–H groups in total. The van der Waals surface area contributed by atoms with Gasteiger partial charge in [0, 0.05) is 0 Å². The zero-order chi connectivity index (χ0) is 11.4. The Kier molecular flexibility index (Phi) is 4.46. The minimum Gasteiger partial charge on any atom is -0.492 e. The van der Waals surface area contributed by atoms with Gasteiger partial charge in [0.1, 0.15) is 5.75 Å². The van der Waals surface area contributed by atoms with Crippen molar-refractivity contribution in [3.8, 4) is 5.75 Å². The molecule has 0 bridgehead atoms. The van der Waals surface area contributed by atoms with Crippen LogP contribution in [0.5, 0.6) is 5.75 Å². The fraction of sp³-hybridized carbons (Fsp3) is 0.538. The number of hydrogen-bond donors (Lipinski definition) is 0. The molecule has 0 aromatic heterocycles. The molecule has 0 aliphatic rings. The van der Waals surface area contributed by atoms with Crippen molar-refractivity contribution < 1.29 is 4.74 Å². The van der Waals surface area contributed by atoms with Crippen LogP contribution in [-0.2, 0) is 0 Å². The van der Waals surface area contributed by atoms with Gasteiger partial charge in [-0.1, -0.05) is 45.4 Å². The summed E-state index contributed by atoms with van der Waals surface area (Å²) in [5.74, 6) is 1.82. The van der Waals surface area contributed by atoms with E-state index in [2.05, 4.69) is 33.8 Å². The minimum atomic E-state index is 0.503. The largest absolute Gasteiger partial charge is 0.492 e. The molecule has 1 nitrogen and oxygen atoms in total. The highest BCUT2D eigenvalue weighted by Crippen LogP contribution is 2.28. The Labute approximate surface area is 97.4 Å². The Balaban J connectivity index is 2.81.